The maximum absolute atomic E-state index is 9.40. The Balaban J connectivity index is 1.73. The Hall–Kier alpha value is -0.120. The van der Waals surface area contributed by atoms with Gasteiger partial charge in [-0.1, -0.05) is 0 Å². The smallest absolute Gasteiger partial charge is 0.0726 e. The molecule has 76 valence electrons. The van der Waals surface area contributed by atoms with E-state index in [9.17, 15) is 5.11 Å². The molecule has 3 nitrogen and oxygen atoms in total. The van der Waals surface area contributed by atoms with E-state index in [-0.39, 0.29) is 6.10 Å². The monoisotopic (exact) mass is 185 g/mol. The van der Waals surface area contributed by atoms with Crippen LogP contribution in [0.5, 0.6) is 0 Å². The third-order valence-electron chi connectivity index (χ3n) is 3.24. The van der Waals surface area contributed by atoms with E-state index in [0.29, 0.717) is 18.2 Å². The van der Waals surface area contributed by atoms with Crippen LogP contribution in [0.4, 0.5) is 0 Å². The van der Waals surface area contributed by atoms with Gasteiger partial charge in [0.2, 0.25) is 0 Å². The molecule has 0 amide bonds. The lowest BCUT2D eigenvalue weighted by atomic mass is 9.88. The summed E-state index contributed by atoms with van der Waals surface area (Å²) in [4.78, 5) is 0. The van der Waals surface area contributed by atoms with Crippen LogP contribution in [-0.4, -0.2) is 36.0 Å². The molecule has 0 aromatic rings. The molecule has 0 aromatic heterocycles. The van der Waals surface area contributed by atoms with Gasteiger partial charge in [0, 0.05) is 18.7 Å². The first kappa shape index (κ1) is 9.44. The third-order valence-corrected chi connectivity index (χ3v) is 3.24. The molecule has 1 aliphatic heterocycles. The predicted molar refractivity (Wildman–Crippen MR) is 50.6 cm³/mol. The Morgan fingerprint density at radius 3 is 2.69 bits per heavy atom. The molecule has 2 unspecified atom stereocenters. The van der Waals surface area contributed by atoms with Crippen LogP contribution in [0.3, 0.4) is 0 Å². The normalized spacial score (nSPS) is 41.5. The zero-order valence-corrected chi connectivity index (χ0v) is 8.20. The molecule has 13 heavy (non-hydrogen) atoms. The summed E-state index contributed by atoms with van der Waals surface area (Å²) in [5.74, 6) is 0. The molecule has 0 bridgehead atoms. The quantitative estimate of drug-likeness (QED) is 0.679. The van der Waals surface area contributed by atoms with E-state index in [1.165, 1.54) is 6.42 Å². The van der Waals surface area contributed by atoms with Crippen LogP contribution in [0.15, 0.2) is 0 Å². The van der Waals surface area contributed by atoms with Crippen molar-refractivity contribution in [3.05, 3.63) is 0 Å². The number of aliphatic hydroxyl groups excluding tert-OH is 1. The van der Waals surface area contributed by atoms with Crippen molar-refractivity contribution in [1.82, 2.24) is 5.32 Å². The fourth-order valence-corrected chi connectivity index (χ4v) is 2.12. The summed E-state index contributed by atoms with van der Waals surface area (Å²) >= 11 is 0. The Morgan fingerprint density at radius 2 is 2.23 bits per heavy atom. The van der Waals surface area contributed by atoms with Crippen LogP contribution in [0.25, 0.3) is 0 Å². The summed E-state index contributed by atoms with van der Waals surface area (Å²) in [5, 5.41) is 12.8. The van der Waals surface area contributed by atoms with E-state index < -0.39 is 0 Å². The topological polar surface area (TPSA) is 41.5 Å². The van der Waals surface area contributed by atoms with Crippen molar-refractivity contribution in [3.8, 4) is 0 Å². The Bertz CT molecular complexity index is 168. The van der Waals surface area contributed by atoms with E-state index in [1.54, 1.807) is 0 Å². The Labute approximate surface area is 79.5 Å². The van der Waals surface area contributed by atoms with Gasteiger partial charge < -0.3 is 15.2 Å². The third kappa shape index (κ3) is 2.03. The van der Waals surface area contributed by atoms with Crippen LogP contribution in [0, 0.1) is 0 Å². The highest BCUT2D eigenvalue weighted by Crippen LogP contribution is 2.22. The summed E-state index contributed by atoms with van der Waals surface area (Å²) in [6, 6.07) is 0.710. The number of hydrogen-bond donors (Lipinski definition) is 2. The standard InChI is InChI=1S/C10H19NO2/c1-7(10-3-2-6-13-10)11-8-4-5-9(8)12/h7-12H,2-6H2,1H3/t7?,8-,9-,10?/m1/s1. The van der Waals surface area contributed by atoms with Crippen molar-refractivity contribution in [3.63, 3.8) is 0 Å². The van der Waals surface area contributed by atoms with E-state index in [1.807, 2.05) is 0 Å². The maximum atomic E-state index is 9.40. The molecule has 2 N–H and O–H groups in total. The van der Waals surface area contributed by atoms with Crippen molar-refractivity contribution >= 4 is 0 Å². The number of ether oxygens (including phenoxy) is 1. The molecule has 0 spiro atoms. The minimum atomic E-state index is -0.121. The van der Waals surface area contributed by atoms with Crippen LogP contribution < -0.4 is 5.32 Å². The molecular formula is C10H19NO2. The first-order valence-corrected chi connectivity index (χ1v) is 5.33. The van der Waals surface area contributed by atoms with Gasteiger partial charge in [0.05, 0.1) is 12.2 Å². The molecule has 2 fully saturated rings. The van der Waals surface area contributed by atoms with Gasteiger partial charge in [-0.05, 0) is 32.6 Å². The van der Waals surface area contributed by atoms with Crippen molar-refractivity contribution < 1.29 is 9.84 Å². The van der Waals surface area contributed by atoms with Gasteiger partial charge in [0.1, 0.15) is 0 Å². The molecule has 0 radical (unpaired) electrons. The van der Waals surface area contributed by atoms with Crippen LogP contribution in [-0.2, 0) is 4.74 Å². The van der Waals surface area contributed by atoms with Crippen molar-refractivity contribution in [2.45, 2.75) is 56.9 Å². The number of nitrogens with one attached hydrogen (secondary N) is 1. The summed E-state index contributed by atoms with van der Waals surface area (Å²) in [5.41, 5.74) is 0. The van der Waals surface area contributed by atoms with E-state index >= 15 is 0 Å². The zero-order valence-electron chi connectivity index (χ0n) is 8.20. The molecule has 2 aliphatic rings. The largest absolute Gasteiger partial charge is 0.392 e. The summed E-state index contributed by atoms with van der Waals surface area (Å²) < 4.78 is 5.58. The van der Waals surface area contributed by atoms with Crippen molar-refractivity contribution in [1.29, 1.82) is 0 Å². The minimum absolute atomic E-state index is 0.121. The lowest BCUT2D eigenvalue weighted by Crippen LogP contribution is -2.53. The Kier molecular flexibility index (Phi) is 2.86. The zero-order chi connectivity index (χ0) is 9.26. The van der Waals surface area contributed by atoms with Crippen LogP contribution in [0.1, 0.15) is 32.6 Å². The van der Waals surface area contributed by atoms with Crippen LogP contribution in [0.2, 0.25) is 0 Å². The van der Waals surface area contributed by atoms with Gasteiger partial charge in [-0.25, -0.2) is 0 Å². The molecule has 3 heteroatoms. The van der Waals surface area contributed by atoms with E-state index in [2.05, 4.69) is 12.2 Å². The van der Waals surface area contributed by atoms with E-state index in [4.69, 9.17) is 4.74 Å². The number of aliphatic hydroxyl groups is 1. The first-order valence-electron chi connectivity index (χ1n) is 5.33. The van der Waals surface area contributed by atoms with Crippen molar-refractivity contribution in [2.24, 2.45) is 0 Å². The van der Waals surface area contributed by atoms with Gasteiger partial charge in [-0.3, -0.25) is 0 Å². The second kappa shape index (κ2) is 3.95. The summed E-state index contributed by atoms with van der Waals surface area (Å²) in [7, 11) is 0. The molecule has 0 aromatic carbocycles. The molecule has 1 aliphatic carbocycles. The number of rotatable bonds is 3. The highest BCUT2D eigenvalue weighted by atomic mass is 16.5. The van der Waals surface area contributed by atoms with Crippen LogP contribution >= 0.6 is 0 Å². The molecular weight excluding hydrogens is 166 g/mol. The summed E-state index contributed by atoms with van der Waals surface area (Å²) in [6.07, 6.45) is 4.66. The van der Waals surface area contributed by atoms with Gasteiger partial charge >= 0.3 is 0 Å². The summed E-state index contributed by atoms with van der Waals surface area (Å²) in [6.45, 7) is 3.06. The Morgan fingerprint density at radius 1 is 1.38 bits per heavy atom. The number of hydrogen-bond acceptors (Lipinski definition) is 3. The fourth-order valence-electron chi connectivity index (χ4n) is 2.12. The van der Waals surface area contributed by atoms with Crippen molar-refractivity contribution in [2.75, 3.05) is 6.61 Å². The average molecular weight is 185 g/mol. The molecule has 1 heterocycles. The van der Waals surface area contributed by atoms with Gasteiger partial charge in [0.15, 0.2) is 0 Å². The average Bonchev–Trinajstić information content (AvgIpc) is 2.64. The molecule has 2 rings (SSSR count). The highest BCUT2D eigenvalue weighted by Gasteiger charge is 2.32. The van der Waals surface area contributed by atoms with Gasteiger partial charge in [-0.15, -0.1) is 0 Å². The SMILES string of the molecule is CC(N[C@@H]1CC[C@H]1O)C1CCCO1. The highest BCUT2D eigenvalue weighted by molar-refractivity contribution is 4.90. The second-order valence-corrected chi connectivity index (χ2v) is 4.26. The maximum Gasteiger partial charge on any atom is 0.0726 e. The molecule has 1 saturated heterocycles. The first-order chi connectivity index (χ1) is 6.27. The lowest BCUT2D eigenvalue weighted by Gasteiger charge is -2.36. The fraction of sp³-hybridized carbons (Fsp3) is 1.00. The van der Waals surface area contributed by atoms with Gasteiger partial charge in [-0.2, -0.15) is 0 Å². The predicted octanol–water partition coefficient (Wildman–Crippen LogP) is 0.667. The molecule has 4 atom stereocenters. The van der Waals surface area contributed by atoms with Gasteiger partial charge in [0.25, 0.3) is 0 Å². The minimum Gasteiger partial charge on any atom is -0.392 e. The lowest BCUT2D eigenvalue weighted by molar-refractivity contribution is 0.0221. The molecule has 1 saturated carbocycles. The van der Waals surface area contributed by atoms with E-state index in [0.717, 1.165) is 25.9 Å². The second-order valence-electron chi connectivity index (χ2n) is 4.26.